The molecule has 0 saturated carbocycles. The zero-order valence-electron chi connectivity index (χ0n) is 13.5. The van der Waals surface area contributed by atoms with Gasteiger partial charge in [0.1, 0.15) is 5.60 Å². The summed E-state index contributed by atoms with van der Waals surface area (Å²) < 4.78 is 4.55. The SMILES string of the molecule is CC(C)(C)OC=O.Nc1cccc(C(=O)N2CCNCC2)c1. The highest BCUT2D eigenvalue weighted by molar-refractivity contribution is 5.95. The number of amides is 1. The van der Waals surface area contributed by atoms with Gasteiger partial charge in [0.15, 0.2) is 0 Å². The predicted molar refractivity (Wildman–Crippen MR) is 86.5 cm³/mol. The molecule has 0 aromatic heterocycles. The summed E-state index contributed by atoms with van der Waals surface area (Å²) in [5.74, 6) is 0.0730. The molecule has 0 atom stereocenters. The number of carbonyl (C=O) groups excluding carboxylic acids is 2. The molecule has 0 aliphatic carbocycles. The summed E-state index contributed by atoms with van der Waals surface area (Å²) >= 11 is 0. The van der Waals surface area contributed by atoms with Gasteiger partial charge in [0.25, 0.3) is 12.4 Å². The van der Waals surface area contributed by atoms with E-state index in [1.807, 2.05) is 31.7 Å². The Hall–Kier alpha value is -2.08. The Bertz CT molecular complexity index is 492. The molecular weight excluding hydrogens is 282 g/mol. The van der Waals surface area contributed by atoms with Gasteiger partial charge in [-0.25, -0.2) is 0 Å². The lowest BCUT2D eigenvalue weighted by atomic mass is 10.1. The number of nitrogens with one attached hydrogen (secondary N) is 1. The van der Waals surface area contributed by atoms with Gasteiger partial charge >= 0.3 is 0 Å². The van der Waals surface area contributed by atoms with Gasteiger partial charge in [-0.3, -0.25) is 9.59 Å². The van der Waals surface area contributed by atoms with Crippen molar-refractivity contribution in [2.24, 2.45) is 0 Å². The normalized spacial score (nSPS) is 14.6. The van der Waals surface area contributed by atoms with E-state index in [2.05, 4.69) is 10.1 Å². The van der Waals surface area contributed by atoms with Gasteiger partial charge in [-0.2, -0.15) is 0 Å². The topological polar surface area (TPSA) is 84.7 Å². The van der Waals surface area contributed by atoms with Crippen LogP contribution in [0.15, 0.2) is 24.3 Å². The average Bonchev–Trinajstić information content (AvgIpc) is 2.47. The van der Waals surface area contributed by atoms with Crippen molar-refractivity contribution in [1.29, 1.82) is 0 Å². The number of anilines is 1. The van der Waals surface area contributed by atoms with E-state index in [0.29, 0.717) is 17.7 Å². The van der Waals surface area contributed by atoms with Crippen LogP contribution >= 0.6 is 0 Å². The number of hydrogen-bond acceptors (Lipinski definition) is 5. The van der Waals surface area contributed by atoms with E-state index in [4.69, 9.17) is 5.73 Å². The summed E-state index contributed by atoms with van der Waals surface area (Å²) in [6, 6.07) is 7.13. The molecule has 1 aromatic carbocycles. The van der Waals surface area contributed by atoms with Crippen LogP contribution in [0.3, 0.4) is 0 Å². The van der Waals surface area contributed by atoms with E-state index >= 15 is 0 Å². The fourth-order valence-corrected chi connectivity index (χ4v) is 1.87. The number of nitrogens with two attached hydrogens (primary N) is 1. The summed E-state index contributed by atoms with van der Waals surface area (Å²) in [5, 5.41) is 3.21. The van der Waals surface area contributed by atoms with E-state index in [9.17, 15) is 9.59 Å². The Morgan fingerprint density at radius 3 is 2.41 bits per heavy atom. The second-order valence-electron chi connectivity index (χ2n) is 5.99. The van der Waals surface area contributed by atoms with E-state index in [1.165, 1.54) is 0 Å². The molecule has 6 heteroatoms. The zero-order valence-corrected chi connectivity index (χ0v) is 13.5. The molecule has 1 amide bonds. The van der Waals surface area contributed by atoms with Crippen LogP contribution in [-0.4, -0.2) is 49.1 Å². The first kappa shape index (κ1) is 18.0. The van der Waals surface area contributed by atoms with Crippen LogP contribution in [0.4, 0.5) is 5.69 Å². The van der Waals surface area contributed by atoms with Crippen molar-refractivity contribution in [3.8, 4) is 0 Å². The molecule has 6 nitrogen and oxygen atoms in total. The molecule has 0 spiro atoms. The lowest BCUT2D eigenvalue weighted by Gasteiger charge is -2.27. The average molecular weight is 307 g/mol. The van der Waals surface area contributed by atoms with E-state index in [1.54, 1.807) is 18.2 Å². The van der Waals surface area contributed by atoms with Gasteiger partial charge in [0, 0.05) is 37.4 Å². The molecule has 1 aromatic rings. The first-order chi connectivity index (χ1) is 10.3. The molecule has 0 radical (unpaired) electrons. The maximum atomic E-state index is 12.0. The summed E-state index contributed by atoms with van der Waals surface area (Å²) in [5.41, 5.74) is 6.64. The maximum absolute atomic E-state index is 12.0. The molecule has 1 aliphatic rings. The van der Waals surface area contributed by atoms with Gasteiger partial charge in [0.2, 0.25) is 0 Å². The third kappa shape index (κ3) is 6.58. The minimum atomic E-state index is -0.318. The van der Waals surface area contributed by atoms with Crippen molar-refractivity contribution in [2.75, 3.05) is 31.9 Å². The van der Waals surface area contributed by atoms with Gasteiger partial charge < -0.3 is 20.7 Å². The van der Waals surface area contributed by atoms with E-state index in [-0.39, 0.29) is 11.5 Å². The van der Waals surface area contributed by atoms with Gasteiger partial charge in [0.05, 0.1) is 0 Å². The van der Waals surface area contributed by atoms with Crippen molar-refractivity contribution in [3.05, 3.63) is 29.8 Å². The van der Waals surface area contributed by atoms with Crippen molar-refractivity contribution in [3.63, 3.8) is 0 Å². The Labute approximate surface area is 131 Å². The standard InChI is InChI=1S/C11H15N3O.C5H10O2/c12-10-3-1-2-9(8-10)11(15)14-6-4-13-5-7-14;1-5(2,3)7-4-6/h1-3,8,13H,4-7,12H2;4H,1-3H3. The highest BCUT2D eigenvalue weighted by Crippen LogP contribution is 2.10. The fourth-order valence-electron chi connectivity index (χ4n) is 1.87. The molecule has 0 bridgehead atoms. The minimum absolute atomic E-state index is 0.0730. The number of nitrogens with zero attached hydrogens (tertiary/aromatic N) is 1. The van der Waals surface area contributed by atoms with Crippen LogP contribution < -0.4 is 11.1 Å². The zero-order chi connectivity index (χ0) is 16.6. The fraction of sp³-hybridized carbons (Fsp3) is 0.500. The van der Waals surface area contributed by atoms with Crippen LogP contribution in [0, 0.1) is 0 Å². The number of benzene rings is 1. The van der Waals surface area contributed by atoms with Crippen LogP contribution in [0.5, 0.6) is 0 Å². The Morgan fingerprint density at radius 2 is 1.95 bits per heavy atom. The predicted octanol–water partition coefficient (Wildman–Crippen LogP) is 1.27. The van der Waals surface area contributed by atoms with Gasteiger partial charge in [-0.05, 0) is 39.0 Å². The molecule has 0 unspecified atom stereocenters. The second-order valence-corrected chi connectivity index (χ2v) is 5.99. The Kier molecular flexibility index (Phi) is 6.85. The van der Waals surface area contributed by atoms with Crippen molar-refractivity contribution >= 4 is 18.1 Å². The lowest BCUT2D eigenvalue weighted by Crippen LogP contribution is -2.46. The highest BCUT2D eigenvalue weighted by Gasteiger charge is 2.17. The Morgan fingerprint density at radius 1 is 1.32 bits per heavy atom. The molecule has 22 heavy (non-hydrogen) atoms. The number of nitrogen functional groups attached to an aromatic ring is 1. The molecule has 1 saturated heterocycles. The van der Waals surface area contributed by atoms with Crippen LogP contribution in [0.2, 0.25) is 0 Å². The first-order valence-electron chi connectivity index (χ1n) is 7.30. The number of carbonyl (C=O) groups is 2. The largest absolute Gasteiger partial charge is 0.462 e. The van der Waals surface area contributed by atoms with Crippen LogP contribution in [0.1, 0.15) is 31.1 Å². The lowest BCUT2D eigenvalue weighted by molar-refractivity contribution is -0.138. The summed E-state index contributed by atoms with van der Waals surface area (Å²) in [7, 11) is 0. The summed E-state index contributed by atoms with van der Waals surface area (Å²) in [4.78, 5) is 23.4. The number of piperazine rings is 1. The van der Waals surface area contributed by atoms with Crippen LogP contribution in [-0.2, 0) is 9.53 Å². The van der Waals surface area contributed by atoms with Crippen molar-refractivity contribution in [2.45, 2.75) is 26.4 Å². The number of ether oxygens (including phenoxy) is 1. The maximum Gasteiger partial charge on any atom is 0.293 e. The van der Waals surface area contributed by atoms with Crippen LogP contribution in [0.25, 0.3) is 0 Å². The summed E-state index contributed by atoms with van der Waals surface area (Å²) in [6.45, 7) is 9.20. The molecule has 1 aliphatic heterocycles. The second kappa shape index (κ2) is 8.38. The van der Waals surface area contributed by atoms with Crippen molar-refractivity contribution < 1.29 is 14.3 Å². The molecular formula is C16H25N3O3. The van der Waals surface area contributed by atoms with E-state index < -0.39 is 0 Å². The molecule has 1 heterocycles. The highest BCUT2D eigenvalue weighted by atomic mass is 16.5. The minimum Gasteiger partial charge on any atom is -0.462 e. The molecule has 122 valence electrons. The van der Waals surface area contributed by atoms with Crippen molar-refractivity contribution in [1.82, 2.24) is 10.2 Å². The smallest absolute Gasteiger partial charge is 0.293 e. The monoisotopic (exact) mass is 307 g/mol. The third-order valence-corrected chi connectivity index (χ3v) is 2.94. The number of rotatable bonds is 2. The third-order valence-electron chi connectivity index (χ3n) is 2.94. The van der Waals surface area contributed by atoms with Gasteiger partial charge in [-0.1, -0.05) is 6.07 Å². The molecule has 1 fully saturated rings. The van der Waals surface area contributed by atoms with Gasteiger partial charge in [-0.15, -0.1) is 0 Å². The summed E-state index contributed by atoms with van der Waals surface area (Å²) in [6.07, 6.45) is 0. The number of hydrogen-bond donors (Lipinski definition) is 2. The first-order valence-corrected chi connectivity index (χ1v) is 7.30. The molecule has 2 rings (SSSR count). The quantitative estimate of drug-likeness (QED) is 0.635. The Balaban J connectivity index is 0.000000295. The van der Waals surface area contributed by atoms with E-state index in [0.717, 1.165) is 26.2 Å². The molecule has 3 N–H and O–H groups in total.